The second-order valence-corrected chi connectivity index (χ2v) is 6.75. The Hall–Kier alpha value is -2.88. The molecule has 1 aliphatic heterocycles. The van der Waals surface area contributed by atoms with Crippen LogP contribution in [-0.4, -0.2) is 71.3 Å². The van der Waals surface area contributed by atoms with E-state index in [1.54, 1.807) is 31.2 Å². The lowest BCUT2D eigenvalue weighted by Crippen LogP contribution is -2.45. The number of nitrogens with one attached hydrogen (secondary N) is 2. The first-order valence-corrected chi connectivity index (χ1v) is 9.45. The summed E-state index contributed by atoms with van der Waals surface area (Å²) in [6, 6.07) is 6.21. The van der Waals surface area contributed by atoms with Gasteiger partial charge in [0.05, 0.1) is 12.2 Å². The second-order valence-electron chi connectivity index (χ2n) is 6.75. The summed E-state index contributed by atoms with van der Waals surface area (Å²) in [7, 11) is 0. The predicted octanol–water partition coefficient (Wildman–Crippen LogP) is 2.60. The van der Waals surface area contributed by atoms with Crippen molar-refractivity contribution in [1.82, 2.24) is 9.80 Å². The molecule has 164 valence electrons. The first-order valence-electron chi connectivity index (χ1n) is 9.45. The molecule has 0 spiro atoms. The number of aliphatic hydroxyl groups is 1. The number of ether oxygens (including phenoxy) is 1. The van der Waals surface area contributed by atoms with Gasteiger partial charge in [-0.15, -0.1) is 0 Å². The molecular formula is C20H25F3N4O3. The van der Waals surface area contributed by atoms with Crippen molar-refractivity contribution in [2.75, 3.05) is 26.2 Å². The quantitative estimate of drug-likeness (QED) is 0.439. The van der Waals surface area contributed by atoms with E-state index in [2.05, 4.69) is 0 Å². The zero-order valence-corrected chi connectivity index (χ0v) is 16.6. The van der Waals surface area contributed by atoms with Crippen molar-refractivity contribution < 1.29 is 27.8 Å². The number of hydrogen-bond acceptors (Lipinski definition) is 5. The molecule has 0 aromatic heterocycles. The zero-order valence-electron chi connectivity index (χ0n) is 16.6. The maximum Gasteiger partial charge on any atom is 0.419 e. The molecule has 1 unspecified atom stereocenters. The van der Waals surface area contributed by atoms with Gasteiger partial charge in [-0.1, -0.05) is 12.1 Å². The van der Waals surface area contributed by atoms with E-state index in [1.807, 2.05) is 0 Å². The van der Waals surface area contributed by atoms with Gasteiger partial charge >= 0.3 is 6.18 Å². The first-order chi connectivity index (χ1) is 14.2. The molecule has 1 fully saturated rings. The van der Waals surface area contributed by atoms with Gasteiger partial charge in [0.25, 0.3) is 5.91 Å². The molecule has 0 radical (unpaired) electrons. The van der Waals surface area contributed by atoms with Gasteiger partial charge in [-0.3, -0.25) is 10.2 Å². The summed E-state index contributed by atoms with van der Waals surface area (Å²) < 4.78 is 45.1. The Bertz CT molecular complexity index is 793. The number of aliphatic hydroxyl groups excluding tert-OH is 1. The maximum absolute atomic E-state index is 13.2. The first kappa shape index (κ1) is 23.4. The highest BCUT2D eigenvalue weighted by Crippen LogP contribution is 2.29. The lowest BCUT2D eigenvalue weighted by Gasteiger charge is -2.31. The highest BCUT2D eigenvalue weighted by atomic mass is 19.4. The van der Waals surface area contributed by atoms with Gasteiger partial charge in [-0.2, -0.15) is 13.2 Å². The number of alkyl halides is 3. The molecule has 0 saturated carbocycles. The Morgan fingerprint density at radius 2 is 2.03 bits per heavy atom. The highest BCUT2D eigenvalue weighted by molar-refractivity contribution is 6.00. The summed E-state index contributed by atoms with van der Waals surface area (Å²) in [5.41, 5.74) is -0.466. The van der Waals surface area contributed by atoms with Crippen molar-refractivity contribution >= 4 is 18.0 Å². The van der Waals surface area contributed by atoms with Crippen LogP contribution in [0.2, 0.25) is 0 Å². The molecule has 1 aromatic carbocycles. The number of likely N-dealkylation sites (tertiary alicyclic amines) is 1. The number of halogens is 3. The van der Waals surface area contributed by atoms with Crippen LogP contribution in [0.25, 0.3) is 0 Å². The van der Waals surface area contributed by atoms with E-state index < -0.39 is 23.6 Å². The van der Waals surface area contributed by atoms with Crippen molar-refractivity contribution in [3.63, 3.8) is 0 Å². The van der Waals surface area contributed by atoms with Crippen LogP contribution < -0.4 is 4.74 Å². The van der Waals surface area contributed by atoms with Crippen LogP contribution in [-0.2, 0) is 11.4 Å². The minimum Gasteiger partial charge on any atom is -0.484 e. The van der Waals surface area contributed by atoms with Gasteiger partial charge in [0.1, 0.15) is 11.6 Å². The largest absolute Gasteiger partial charge is 0.484 e. The molecule has 1 heterocycles. The minimum atomic E-state index is -4.74. The highest BCUT2D eigenvalue weighted by Gasteiger charge is 2.40. The van der Waals surface area contributed by atoms with Gasteiger partial charge in [-0.05, 0) is 37.1 Å². The molecule has 30 heavy (non-hydrogen) atoms. The fourth-order valence-electron chi connectivity index (χ4n) is 3.29. The Morgan fingerprint density at radius 1 is 1.37 bits per heavy atom. The topological polar surface area (TPSA) is 101 Å². The standard InChI is InChI=1S/C20H25F3N4O3/c1-2-27(19(25)17(7-9-24)20(21,22)23)15-8-10-26(11-15)18(29)13-30-16-5-3-14(12-28)4-6-16/h3-7,9,15,24-25,28H,2,8,10-13H2,1H3/b17-7+,24-9?,25-19?. The number of hydrogen-bond donors (Lipinski definition) is 3. The molecule has 1 atom stereocenters. The van der Waals surface area contributed by atoms with Crippen molar-refractivity contribution in [1.29, 1.82) is 10.8 Å². The number of carbonyl (C=O) groups is 1. The lowest BCUT2D eigenvalue weighted by molar-refractivity contribution is -0.132. The summed E-state index contributed by atoms with van der Waals surface area (Å²) in [6.45, 7) is 2.06. The average Bonchev–Trinajstić information content (AvgIpc) is 3.20. The summed E-state index contributed by atoms with van der Waals surface area (Å²) in [6.07, 6.45) is -3.22. The van der Waals surface area contributed by atoms with Crippen LogP contribution in [0.3, 0.4) is 0 Å². The number of nitrogens with zero attached hydrogens (tertiary/aromatic N) is 2. The third-order valence-corrected chi connectivity index (χ3v) is 4.86. The van der Waals surface area contributed by atoms with Gasteiger partial charge in [-0.25, -0.2) is 0 Å². The Morgan fingerprint density at radius 3 is 2.57 bits per heavy atom. The lowest BCUT2D eigenvalue weighted by atomic mass is 10.1. The van der Waals surface area contributed by atoms with Crippen LogP contribution in [0.15, 0.2) is 35.9 Å². The normalized spacial score (nSPS) is 17.0. The summed E-state index contributed by atoms with van der Waals surface area (Å²) in [5.74, 6) is -0.523. The molecule has 0 aliphatic carbocycles. The molecule has 2 rings (SSSR count). The van der Waals surface area contributed by atoms with Crippen LogP contribution in [0.5, 0.6) is 5.75 Å². The second kappa shape index (κ2) is 10.2. The molecular weight excluding hydrogens is 401 g/mol. The fraction of sp³-hybridized carbons (Fsp3) is 0.450. The van der Waals surface area contributed by atoms with Crippen LogP contribution in [0, 0.1) is 10.8 Å². The summed E-state index contributed by atoms with van der Waals surface area (Å²) in [4.78, 5) is 15.3. The van der Waals surface area contributed by atoms with E-state index in [4.69, 9.17) is 20.7 Å². The zero-order chi connectivity index (χ0) is 22.3. The SMILES string of the molecule is CCN(C(=N)/C(=C\C=N)C(F)(F)F)C1CCN(C(=O)COc2ccc(CO)cc2)C1. The molecule has 7 nitrogen and oxygen atoms in total. The van der Waals surface area contributed by atoms with E-state index in [-0.39, 0.29) is 32.2 Å². The van der Waals surface area contributed by atoms with Crippen molar-refractivity contribution in [2.45, 2.75) is 32.2 Å². The van der Waals surface area contributed by atoms with Gasteiger partial charge in [0.2, 0.25) is 0 Å². The molecule has 1 saturated heterocycles. The third-order valence-electron chi connectivity index (χ3n) is 4.86. The van der Waals surface area contributed by atoms with E-state index in [9.17, 15) is 18.0 Å². The van der Waals surface area contributed by atoms with Crippen LogP contribution >= 0.6 is 0 Å². The van der Waals surface area contributed by atoms with Crippen molar-refractivity contribution in [2.24, 2.45) is 0 Å². The molecule has 0 bridgehead atoms. The van der Waals surface area contributed by atoms with Crippen molar-refractivity contribution in [3.05, 3.63) is 41.5 Å². The van der Waals surface area contributed by atoms with E-state index in [1.165, 1.54) is 9.80 Å². The number of benzene rings is 1. The van der Waals surface area contributed by atoms with E-state index >= 15 is 0 Å². The van der Waals surface area contributed by atoms with Crippen LogP contribution in [0.4, 0.5) is 13.2 Å². The Labute approximate surface area is 172 Å². The smallest absolute Gasteiger partial charge is 0.419 e. The number of amidine groups is 1. The number of likely N-dealkylation sites (N-methyl/N-ethyl adjacent to an activating group) is 1. The number of rotatable bonds is 8. The fourth-order valence-corrected chi connectivity index (χ4v) is 3.29. The minimum absolute atomic E-state index is 0.0949. The van der Waals surface area contributed by atoms with Crippen LogP contribution in [0.1, 0.15) is 18.9 Å². The molecule has 3 N–H and O–H groups in total. The number of amides is 1. The Kier molecular flexibility index (Phi) is 7.99. The van der Waals surface area contributed by atoms with E-state index in [0.717, 1.165) is 0 Å². The average molecular weight is 426 g/mol. The molecule has 1 aromatic rings. The molecule has 1 aliphatic rings. The number of carbonyl (C=O) groups excluding carboxylic acids is 1. The monoisotopic (exact) mass is 426 g/mol. The Balaban J connectivity index is 1.97. The van der Waals surface area contributed by atoms with Gasteiger partial charge in [0.15, 0.2) is 6.61 Å². The van der Waals surface area contributed by atoms with Crippen molar-refractivity contribution in [3.8, 4) is 5.75 Å². The van der Waals surface area contributed by atoms with E-state index in [0.29, 0.717) is 36.6 Å². The van der Waals surface area contributed by atoms with Gasteiger partial charge < -0.3 is 25.1 Å². The molecule has 1 amide bonds. The summed E-state index contributed by atoms with van der Waals surface area (Å²) >= 11 is 0. The maximum atomic E-state index is 13.2. The predicted molar refractivity (Wildman–Crippen MR) is 106 cm³/mol. The number of allylic oxidation sites excluding steroid dienone is 1. The van der Waals surface area contributed by atoms with Gasteiger partial charge in [0, 0.05) is 31.9 Å². The third kappa shape index (κ3) is 5.82. The molecule has 10 heteroatoms. The summed E-state index contributed by atoms with van der Waals surface area (Å²) in [5, 5.41) is 24.0.